The number of anilines is 1. The molecule has 3 aromatic rings. The Bertz CT molecular complexity index is 1110. The van der Waals surface area contributed by atoms with E-state index in [1.54, 1.807) is 25.2 Å². The highest BCUT2D eigenvalue weighted by Crippen LogP contribution is 2.21. The Kier molecular flexibility index (Phi) is 5.06. The second-order valence-electron chi connectivity index (χ2n) is 6.11. The van der Waals surface area contributed by atoms with Gasteiger partial charge >= 0.3 is 5.69 Å². The molecule has 0 saturated carbocycles. The van der Waals surface area contributed by atoms with Gasteiger partial charge in [0.25, 0.3) is 11.2 Å². The molecule has 0 radical (unpaired) electrons. The molecule has 0 fully saturated rings. The molecule has 2 heterocycles. The quantitative estimate of drug-likeness (QED) is 0.480. The fourth-order valence-electron chi connectivity index (χ4n) is 3.02. The van der Waals surface area contributed by atoms with Crippen molar-refractivity contribution in [1.29, 1.82) is 0 Å². The van der Waals surface area contributed by atoms with Crippen molar-refractivity contribution in [1.82, 2.24) is 19.3 Å². The van der Waals surface area contributed by atoms with Gasteiger partial charge in [-0.1, -0.05) is 31.5 Å². The summed E-state index contributed by atoms with van der Waals surface area (Å²) in [7, 11) is 1.64. The molecule has 0 amide bonds. The van der Waals surface area contributed by atoms with Crippen molar-refractivity contribution in [2.24, 2.45) is 0 Å². The summed E-state index contributed by atoms with van der Waals surface area (Å²) in [4.78, 5) is 36.6. The molecule has 0 spiro atoms. The minimum Gasteiger partial charge on any atom is -0.373 e. The van der Waals surface area contributed by atoms with Crippen LogP contribution in [0, 0.1) is 10.1 Å². The smallest absolute Gasteiger partial charge is 0.333 e. The van der Waals surface area contributed by atoms with Crippen LogP contribution in [-0.2, 0) is 13.1 Å². The monoisotopic (exact) mass is 372 g/mol. The number of hydrogen-bond acceptors (Lipinski definition) is 6. The lowest BCUT2D eigenvalue weighted by molar-refractivity contribution is -0.385. The van der Waals surface area contributed by atoms with Crippen LogP contribution in [0.3, 0.4) is 0 Å². The molecule has 0 aliphatic carbocycles. The van der Waals surface area contributed by atoms with Crippen molar-refractivity contribution in [2.75, 3.05) is 12.4 Å². The lowest BCUT2D eigenvalue weighted by Gasteiger charge is -2.11. The van der Waals surface area contributed by atoms with E-state index in [4.69, 9.17) is 0 Å². The Labute approximate surface area is 153 Å². The molecular weight excluding hydrogens is 352 g/mol. The maximum atomic E-state index is 13.0. The number of nitrogens with one attached hydrogen (secondary N) is 2. The van der Waals surface area contributed by atoms with Gasteiger partial charge in [-0.15, -0.1) is 0 Å². The molecule has 142 valence electrons. The van der Waals surface area contributed by atoms with Gasteiger partial charge in [-0.25, -0.2) is 4.79 Å². The highest BCUT2D eigenvalue weighted by atomic mass is 16.6. The van der Waals surface area contributed by atoms with Crippen LogP contribution in [-0.4, -0.2) is 31.3 Å². The van der Waals surface area contributed by atoms with E-state index in [-0.39, 0.29) is 29.8 Å². The molecule has 1 aromatic carbocycles. The molecule has 2 N–H and O–H groups in total. The largest absolute Gasteiger partial charge is 0.373 e. The Morgan fingerprint density at radius 1 is 1.26 bits per heavy atom. The van der Waals surface area contributed by atoms with E-state index >= 15 is 0 Å². The normalized spacial score (nSPS) is 11.0. The third kappa shape index (κ3) is 3.21. The molecule has 0 aliphatic rings. The molecule has 0 unspecified atom stereocenters. The first kappa shape index (κ1) is 18.4. The second-order valence-corrected chi connectivity index (χ2v) is 6.11. The van der Waals surface area contributed by atoms with Gasteiger partial charge in [0.2, 0.25) is 0 Å². The fraction of sp³-hybridized carbons (Fsp3) is 0.353. The van der Waals surface area contributed by atoms with Crippen LogP contribution in [0.25, 0.3) is 11.0 Å². The number of nitrogens with zero attached hydrogens (tertiary/aromatic N) is 4. The number of fused-ring (bicyclic) bond motifs is 1. The Hall–Kier alpha value is -3.43. The van der Waals surface area contributed by atoms with Gasteiger partial charge in [0.15, 0.2) is 5.65 Å². The summed E-state index contributed by atoms with van der Waals surface area (Å²) in [5.74, 6) is 0.400. The number of benzene rings is 1. The van der Waals surface area contributed by atoms with Crippen molar-refractivity contribution in [2.45, 2.75) is 32.9 Å². The van der Waals surface area contributed by atoms with E-state index in [2.05, 4.69) is 15.5 Å². The summed E-state index contributed by atoms with van der Waals surface area (Å²) < 4.78 is 2.46. The molecule has 0 saturated heterocycles. The van der Waals surface area contributed by atoms with Crippen molar-refractivity contribution in [3.8, 4) is 0 Å². The van der Waals surface area contributed by atoms with E-state index < -0.39 is 16.2 Å². The molecule has 27 heavy (non-hydrogen) atoms. The number of aromatic amines is 1. The number of para-hydroxylation sites is 1. The standard InChI is InChI=1S/C17H20N6O4/c1-3-4-9-21-16(24)13-14(18-2)19-20-15(13)22(17(21)25)10-11-7-5-6-8-12(11)23(26)27/h5-8H,3-4,9-10H2,1-2H3,(H2,18,19,20). The van der Waals surface area contributed by atoms with Gasteiger partial charge in [-0.3, -0.25) is 29.1 Å². The first-order valence-corrected chi connectivity index (χ1v) is 8.61. The van der Waals surface area contributed by atoms with Crippen LogP contribution < -0.4 is 16.6 Å². The van der Waals surface area contributed by atoms with Crippen LogP contribution in [0.15, 0.2) is 33.9 Å². The first-order valence-electron chi connectivity index (χ1n) is 8.61. The Morgan fingerprint density at radius 3 is 2.67 bits per heavy atom. The van der Waals surface area contributed by atoms with E-state index in [0.29, 0.717) is 17.8 Å². The maximum Gasteiger partial charge on any atom is 0.333 e. The predicted octanol–water partition coefficient (Wildman–Crippen LogP) is 1.68. The number of H-pyrrole nitrogens is 1. The maximum absolute atomic E-state index is 13.0. The highest BCUT2D eigenvalue weighted by Gasteiger charge is 2.21. The first-order chi connectivity index (χ1) is 13.0. The van der Waals surface area contributed by atoms with Gasteiger partial charge in [0.05, 0.1) is 11.5 Å². The Balaban J connectivity index is 2.26. The molecule has 3 rings (SSSR count). The van der Waals surface area contributed by atoms with E-state index in [0.717, 1.165) is 11.0 Å². The molecule has 0 aliphatic heterocycles. The van der Waals surface area contributed by atoms with E-state index in [1.807, 2.05) is 6.92 Å². The van der Waals surface area contributed by atoms with E-state index in [9.17, 15) is 19.7 Å². The van der Waals surface area contributed by atoms with Crippen molar-refractivity contribution >= 4 is 22.5 Å². The SMILES string of the molecule is CCCCn1c(=O)c2c(NC)[nH]nc2n(Cc2ccccc2[N+](=O)[O-])c1=O. The highest BCUT2D eigenvalue weighted by molar-refractivity contribution is 5.86. The van der Waals surface area contributed by atoms with Gasteiger partial charge in [0.1, 0.15) is 11.2 Å². The minimum absolute atomic E-state index is 0.0626. The number of unbranched alkanes of at least 4 members (excludes halogenated alkanes) is 1. The zero-order valence-corrected chi connectivity index (χ0v) is 15.1. The summed E-state index contributed by atoms with van der Waals surface area (Å²) in [5.41, 5.74) is -0.525. The number of aromatic nitrogens is 4. The summed E-state index contributed by atoms with van der Waals surface area (Å²) in [6, 6.07) is 6.20. The van der Waals surface area contributed by atoms with Crippen LogP contribution in [0.5, 0.6) is 0 Å². The van der Waals surface area contributed by atoms with Crippen molar-refractivity contribution in [3.63, 3.8) is 0 Å². The number of rotatable bonds is 7. The summed E-state index contributed by atoms with van der Waals surface area (Å²) >= 11 is 0. The van der Waals surface area contributed by atoms with Crippen LogP contribution in [0.2, 0.25) is 0 Å². The second kappa shape index (κ2) is 7.44. The van der Waals surface area contributed by atoms with E-state index in [1.165, 1.54) is 10.6 Å². The lowest BCUT2D eigenvalue weighted by Crippen LogP contribution is -2.40. The van der Waals surface area contributed by atoms with Crippen molar-refractivity contribution < 1.29 is 4.92 Å². The van der Waals surface area contributed by atoms with Gasteiger partial charge in [0, 0.05) is 25.2 Å². The molecule has 10 heteroatoms. The molecular formula is C17H20N6O4. The number of hydrogen-bond donors (Lipinski definition) is 2. The average molecular weight is 372 g/mol. The van der Waals surface area contributed by atoms with Crippen molar-refractivity contribution in [3.05, 3.63) is 60.8 Å². The minimum atomic E-state index is -0.534. The molecule has 0 atom stereocenters. The molecule has 10 nitrogen and oxygen atoms in total. The third-order valence-electron chi connectivity index (χ3n) is 4.43. The van der Waals surface area contributed by atoms with Gasteiger partial charge < -0.3 is 5.32 Å². The van der Waals surface area contributed by atoms with Crippen LogP contribution in [0.1, 0.15) is 25.3 Å². The topological polar surface area (TPSA) is 128 Å². The third-order valence-corrected chi connectivity index (χ3v) is 4.43. The Morgan fingerprint density at radius 2 is 2.00 bits per heavy atom. The summed E-state index contributed by atoms with van der Waals surface area (Å²) in [6.45, 7) is 2.18. The van der Waals surface area contributed by atoms with Crippen LogP contribution in [0.4, 0.5) is 11.5 Å². The molecule has 0 bridgehead atoms. The lowest BCUT2D eigenvalue weighted by atomic mass is 10.2. The van der Waals surface area contributed by atoms with Crippen LogP contribution >= 0.6 is 0 Å². The van der Waals surface area contributed by atoms with Gasteiger partial charge in [-0.2, -0.15) is 5.10 Å². The summed E-state index contributed by atoms with van der Waals surface area (Å²) in [6.07, 6.45) is 1.48. The van der Waals surface area contributed by atoms with Gasteiger partial charge in [-0.05, 0) is 6.42 Å². The molecule has 2 aromatic heterocycles. The number of nitro groups is 1. The zero-order valence-electron chi connectivity index (χ0n) is 15.1. The average Bonchev–Trinajstić information content (AvgIpc) is 3.09. The number of nitro benzene ring substituents is 1. The predicted molar refractivity (Wildman–Crippen MR) is 101 cm³/mol. The summed E-state index contributed by atoms with van der Waals surface area (Å²) in [5, 5.41) is 21.2. The fourth-order valence-corrected chi connectivity index (χ4v) is 3.02. The zero-order chi connectivity index (χ0) is 19.6.